The SMILES string of the molecule is Cc1cc(OCC2(CC(N)=O)CCCN(C(=O)c3ccc(Cl)cc3)C2)ccc1Cl. The Bertz CT molecular complexity index is 901. The van der Waals surface area contributed by atoms with Crippen LogP contribution in [0.15, 0.2) is 42.5 Å². The van der Waals surface area contributed by atoms with Gasteiger partial charge in [-0.3, -0.25) is 9.59 Å². The maximum atomic E-state index is 13.0. The summed E-state index contributed by atoms with van der Waals surface area (Å²) in [6.07, 6.45) is 1.69. The van der Waals surface area contributed by atoms with Gasteiger partial charge in [0.25, 0.3) is 5.91 Å². The van der Waals surface area contributed by atoms with Gasteiger partial charge in [0.05, 0.1) is 6.61 Å². The van der Waals surface area contributed by atoms with Gasteiger partial charge in [0, 0.05) is 40.5 Å². The molecule has 1 aliphatic rings. The average Bonchev–Trinajstić information content (AvgIpc) is 2.69. The first-order chi connectivity index (χ1) is 13.8. The molecule has 29 heavy (non-hydrogen) atoms. The maximum Gasteiger partial charge on any atom is 0.253 e. The Hall–Kier alpha value is -2.24. The number of rotatable bonds is 6. The Morgan fingerprint density at radius 3 is 2.55 bits per heavy atom. The van der Waals surface area contributed by atoms with Crippen LogP contribution >= 0.6 is 23.2 Å². The predicted molar refractivity (Wildman–Crippen MR) is 115 cm³/mol. The molecule has 1 unspecified atom stereocenters. The van der Waals surface area contributed by atoms with Crippen LogP contribution < -0.4 is 10.5 Å². The number of carbonyl (C=O) groups excluding carboxylic acids is 2. The third-order valence-corrected chi connectivity index (χ3v) is 5.94. The number of primary amides is 1. The van der Waals surface area contributed by atoms with E-state index in [2.05, 4.69) is 0 Å². The molecule has 0 aromatic heterocycles. The molecule has 2 N–H and O–H groups in total. The number of amides is 2. The minimum Gasteiger partial charge on any atom is -0.493 e. The monoisotopic (exact) mass is 434 g/mol. The van der Waals surface area contributed by atoms with Crippen molar-refractivity contribution in [2.45, 2.75) is 26.2 Å². The Kier molecular flexibility index (Phi) is 6.70. The van der Waals surface area contributed by atoms with E-state index in [1.165, 1.54) is 0 Å². The van der Waals surface area contributed by atoms with Gasteiger partial charge in [-0.25, -0.2) is 0 Å². The lowest BCUT2D eigenvalue weighted by Gasteiger charge is -2.42. The quantitative estimate of drug-likeness (QED) is 0.727. The molecule has 2 amide bonds. The van der Waals surface area contributed by atoms with Crippen LogP contribution in [0.4, 0.5) is 0 Å². The normalized spacial score (nSPS) is 19.1. The van der Waals surface area contributed by atoms with Crippen LogP contribution in [-0.2, 0) is 4.79 Å². The number of nitrogens with two attached hydrogens (primary N) is 1. The van der Waals surface area contributed by atoms with Crippen molar-refractivity contribution >= 4 is 35.0 Å². The smallest absolute Gasteiger partial charge is 0.253 e. The largest absolute Gasteiger partial charge is 0.493 e. The molecule has 1 atom stereocenters. The summed E-state index contributed by atoms with van der Waals surface area (Å²) in [5.74, 6) is 0.191. The van der Waals surface area contributed by atoms with Crippen LogP contribution in [-0.4, -0.2) is 36.4 Å². The van der Waals surface area contributed by atoms with E-state index < -0.39 is 11.3 Å². The summed E-state index contributed by atoms with van der Waals surface area (Å²) in [5.41, 5.74) is 6.49. The van der Waals surface area contributed by atoms with Gasteiger partial charge in [-0.15, -0.1) is 0 Å². The van der Waals surface area contributed by atoms with Gasteiger partial charge in [0.15, 0.2) is 0 Å². The number of hydrogen-bond acceptors (Lipinski definition) is 3. The number of piperidine rings is 1. The third kappa shape index (κ3) is 5.43. The van der Waals surface area contributed by atoms with Gasteiger partial charge in [-0.1, -0.05) is 23.2 Å². The molecule has 1 fully saturated rings. The lowest BCUT2D eigenvalue weighted by Crippen LogP contribution is -2.50. The Labute approximate surface area is 180 Å². The second-order valence-electron chi connectivity index (χ2n) is 7.68. The topological polar surface area (TPSA) is 72.6 Å². The van der Waals surface area contributed by atoms with Crippen molar-refractivity contribution in [3.05, 3.63) is 63.6 Å². The van der Waals surface area contributed by atoms with Crippen LogP contribution in [0.1, 0.15) is 35.2 Å². The molecule has 0 bridgehead atoms. The molecule has 2 aromatic carbocycles. The second kappa shape index (κ2) is 9.06. The third-order valence-electron chi connectivity index (χ3n) is 5.26. The fourth-order valence-electron chi connectivity index (χ4n) is 3.78. The van der Waals surface area contributed by atoms with E-state index in [0.29, 0.717) is 41.1 Å². The molecule has 0 saturated carbocycles. The van der Waals surface area contributed by atoms with Crippen LogP contribution in [0.2, 0.25) is 10.0 Å². The van der Waals surface area contributed by atoms with Crippen LogP contribution in [0.5, 0.6) is 5.75 Å². The standard InChI is InChI=1S/C22H24Cl2N2O3/c1-15-11-18(7-8-19(15)24)29-14-22(12-20(25)27)9-2-10-26(13-22)21(28)16-3-5-17(23)6-4-16/h3-8,11H,2,9-10,12-14H2,1H3,(H2,25,27). The van der Waals surface area contributed by atoms with Crippen LogP contribution in [0.3, 0.4) is 0 Å². The molecule has 1 aliphatic heterocycles. The Morgan fingerprint density at radius 1 is 1.17 bits per heavy atom. The van der Waals surface area contributed by atoms with E-state index in [1.807, 2.05) is 13.0 Å². The molecule has 1 saturated heterocycles. The Morgan fingerprint density at radius 2 is 1.90 bits per heavy atom. The van der Waals surface area contributed by atoms with Gasteiger partial charge in [0.1, 0.15) is 5.75 Å². The van der Waals surface area contributed by atoms with Gasteiger partial charge >= 0.3 is 0 Å². The first-order valence-electron chi connectivity index (χ1n) is 9.50. The van der Waals surface area contributed by atoms with Crippen molar-refractivity contribution in [1.82, 2.24) is 4.90 Å². The van der Waals surface area contributed by atoms with E-state index in [-0.39, 0.29) is 12.3 Å². The number of carbonyl (C=O) groups is 2. The summed E-state index contributed by atoms with van der Waals surface area (Å²) in [4.78, 5) is 26.5. The predicted octanol–water partition coefficient (Wildman–Crippen LogP) is 4.48. The molecular formula is C22H24Cl2N2O3. The summed E-state index contributed by atoms with van der Waals surface area (Å²) in [6, 6.07) is 12.3. The van der Waals surface area contributed by atoms with E-state index in [0.717, 1.165) is 18.4 Å². The number of aryl methyl sites for hydroxylation is 1. The van der Waals surface area contributed by atoms with Crippen molar-refractivity contribution < 1.29 is 14.3 Å². The zero-order valence-corrected chi connectivity index (χ0v) is 17.8. The number of halogens is 2. The highest BCUT2D eigenvalue weighted by molar-refractivity contribution is 6.31. The Balaban J connectivity index is 1.77. The first-order valence-corrected chi connectivity index (χ1v) is 10.3. The summed E-state index contributed by atoms with van der Waals surface area (Å²) < 4.78 is 6.01. The minimum atomic E-state index is -0.528. The van der Waals surface area contributed by atoms with Crippen molar-refractivity contribution in [2.24, 2.45) is 11.1 Å². The maximum absolute atomic E-state index is 13.0. The average molecular weight is 435 g/mol. The van der Waals surface area contributed by atoms with Gasteiger partial charge in [-0.2, -0.15) is 0 Å². The summed E-state index contributed by atoms with van der Waals surface area (Å²) in [6.45, 7) is 3.23. The zero-order chi connectivity index (χ0) is 21.0. The first kappa shape index (κ1) is 21.5. The number of benzene rings is 2. The molecule has 5 nitrogen and oxygen atoms in total. The molecule has 0 aliphatic carbocycles. The lowest BCUT2D eigenvalue weighted by atomic mass is 9.77. The van der Waals surface area contributed by atoms with Gasteiger partial charge in [0.2, 0.25) is 5.91 Å². The molecule has 1 heterocycles. The van der Waals surface area contributed by atoms with E-state index in [1.54, 1.807) is 41.3 Å². The van der Waals surface area contributed by atoms with Crippen LogP contribution in [0, 0.1) is 12.3 Å². The van der Waals surface area contributed by atoms with Crippen LogP contribution in [0.25, 0.3) is 0 Å². The number of hydrogen-bond donors (Lipinski definition) is 1. The molecule has 0 spiro atoms. The highest BCUT2D eigenvalue weighted by Crippen LogP contribution is 2.35. The summed E-state index contributed by atoms with van der Waals surface area (Å²) in [7, 11) is 0. The zero-order valence-electron chi connectivity index (χ0n) is 16.3. The highest BCUT2D eigenvalue weighted by atomic mass is 35.5. The molecule has 2 aromatic rings. The minimum absolute atomic E-state index is 0.0856. The fourth-order valence-corrected chi connectivity index (χ4v) is 4.03. The van der Waals surface area contributed by atoms with Crippen molar-refractivity contribution in [3.63, 3.8) is 0 Å². The number of likely N-dealkylation sites (tertiary alicyclic amines) is 1. The summed E-state index contributed by atoms with van der Waals surface area (Å²) >= 11 is 12.0. The van der Waals surface area contributed by atoms with Crippen molar-refractivity contribution in [3.8, 4) is 5.75 Å². The number of nitrogens with zero attached hydrogens (tertiary/aromatic N) is 1. The number of ether oxygens (including phenoxy) is 1. The van der Waals surface area contributed by atoms with Gasteiger partial charge in [-0.05, 0) is 67.8 Å². The molecule has 154 valence electrons. The summed E-state index contributed by atoms with van der Waals surface area (Å²) in [5, 5.41) is 1.25. The second-order valence-corrected chi connectivity index (χ2v) is 8.52. The van der Waals surface area contributed by atoms with Crippen molar-refractivity contribution in [1.29, 1.82) is 0 Å². The van der Waals surface area contributed by atoms with Gasteiger partial charge < -0.3 is 15.4 Å². The van der Waals surface area contributed by atoms with Crippen molar-refractivity contribution in [2.75, 3.05) is 19.7 Å². The van der Waals surface area contributed by atoms with E-state index in [4.69, 9.17) is 33.7 Å². The molecule has 0 radical (unpaired) electrons. The molecular weight excluding hydrogens is 411 g/mol. The lowest BCUT2D eigenvalue weighted by molar-refractivity contribution is -0.122. The van der Waals surface area contributed by atoms with E-state index in [9.17, 15) is 9.59 Å². The highest BCUT2D eigenvalue weighted by Gasteiger charge is 2.39. The molecule has 3 rings (SSSR count). The molecule has 7 heteroatoms. The van der Waals surface area contributed by atoms with E-state index >= 15 is 0 Å². The fraction of sp³-hybridized carbons (Fsp3) is 0.364.